The molecule has 0 aliphatic carbocycles. The topological polar surface area (TPSA) is 53.4 Å². The molecule has 0 saturated heterocycles. The fourth-order valence-corrected chi connectivity index (χ4v) is 3.01. The second kappa shape index (κ2) is 4.38. The van der Waals surface area contributed by atoms with Gasteiger partial charge in [-0.2, -0.15) is 0 Å². The second-order valence-electron chi connectivity index (χ2n) is 5.36. The van der Waals surface area contributed by atoms with E-state index < -0.39 is 6.61 Å². The second-order valence-corrected chi connectivity index (χ2v) is 6.45. The first kappa shape index (κ1) is 12.5. The lowest BCUT2D eigenvalue weighted by Gasteiger charge is -2.25. The molecule has 0 bridgehead atoms. The van der Waals surface area contributed by atoms with E-state index in [1.165, 1.54) is 4.88 Å². The zero-order valence-corrected chi connectivity index (χ0v) is 11.3. The van der Waals surface area contributed by atoms with E-state index in [2.05, 4.69) is 25.8 Å². The number of amides is 1. The number of nitrogens with zero attached hydrogens (tertiary/aromatic N) is 2. The molecule has 0 radical (unpaired) electrons. The van der Waals surface area contributed by atoms with Crippen molar-refractivity contribution in [2.75, 3.05) is 13.2 Å². The third kappa shape index (κ3) is 2.50. The summed E-state index contributed by atoms with van der Waals surface area (Å²) in [5.41, 5.74) is 1.19. The summed E-state index contributed by atoms with van der Waals surface area (Å²) < 4.78 is 0. The molecule has 2 heterocycles. The van der Waals surface area contributed by atoms with E-state index in [-0.39, 0.29) is 11.3 Å². The van der Waals surface area contributed by atoms with Crippen LogP contribution in [0.5, 0.6) is 0 Å². The molecule has 4 nitrogen and oxygen atoms in total. The zero-order chi connectivity index (χ0) is 12.6. The minimum absolute atomic E-state index is 0.0633. The average Bonchev–Trinajstić information content (AvgIpc) is 2.70. The molecule has 0 saturated carbocycles. The lowest BCUT2D eigenvalue weighted by molar-refractivity contribution is -0.135. The van der Waals surface area contributed by atoms with Crippen molar-refractivity contribution >= 4 is 17.2 Å². The van der Waals surface area contributed by atoms with Crippen LogP contribution in [0, 0.1) is 0 Å². The molecule has 0 aromatic carbocycles. The summed E-state index contributed by atoms with van der Waals surface area (Å²) in [4.78, 5) is 19.0. The van der Waals surface area contributed by atoms with Gasteiger partial charge in [0.2, 0.25) is 5.91 Å². The van der Waals surface area contributed by atoms with Gasteiger partial charge in [-0.3, -0.25) is 4.79 Å². The van der Waals surface area contributed by atoms with Crippen molar-refractivity contribution in [1.82, 2.24) is 9.88 Å². The van der Waals surface area contributed by atoms with Crippen molar-refractivity contribution in [3.63, 3.8) is 0 Å². The molecule has 1 aromatic heterocycles. The third-order valence-electron chi connectivity index (χ3n) is 2.86. The minimum Gasteiger partial charge on any atom is -0.387 e. The van der Waals surface area contributed by atoms with Crippen molar-refractivity contribution in [2.24, 2.45) is 0 Å². The molecule has 1 amide bonds. The molecule has 0 spiro atoms. The van der Waals surface area contributed by atoms with E-state index in [0.29, 0.717) is 13.1 Å². The molecule has 94 valence electrons. The number of aliphatic hydroxyl groups is 1. The molecular weight excluding hydrogens is 236 g/mol. The Balaban J connectivity index is 2.21. The Kier molecular flexibility index (Phi) is 3.23. The Labute approximate surface area is 105 Å². The van der Waals surface area contributed by atoms with Crippen LogP contribution < -0.4 is 0 Å². The Bertz CT molecular complexity index is 434. The predicted molar refractivity (Wildman–Crippen MR) is 67.0 cm³/mol. The van der Waals surface area contributed by atoms with E-state index in [0.717, 1.165) is 17.1 Å². The summed E-state index contributed by atoms with van der Waals surface area (Å²) in [5.74, 6) is -0.193. The molecule has 2 rings (SSSR count). The largest absolute Gasteiger partial charge is 0.387 e. The molecule has 0 atom stereocenters. The van der Waals surface area contributed by atoms with Crippen LogP contribution >= 0.6 is 11.3 Å². The molecule has 17 heavy (non-hydrogen) atoms. The molecule has 1 N–H and O–H groups in total. The predicted octanol–water partition coefficient (Wildman–Crippen LogP) is 1.32. The van der Waals surface area contributed by atoms with E-state index >= 15 is 0 Å². The number of rotatable bonds is 1. The number of hydrogen-bond donors (Lipinski definition) is 1. The van der Waals surface area contributed by atoms with Gasteiger partial charge in [-0.15, -0.1) is 11.3 Å². The Morgan fingerprint density at radius 3 is 2.82 bits per heavy atom. The smallest absolute Gasteiger partial charge is 0.248 e. The SMILES string of the molecule is CC(C)(C)c1nc2c(s1)CN(C(=O)CO)CC2. The molecule has 0 fully saturated rings. The fourth-order valence-electron chi connectivity index (χ4n) is 1.83. The summed E-state index contributed by atoms with van der Waals surface area (Å²) >= 11 is 1.69. The monoisotopic (exact) mass is 254 g/mol. The molecule has 1 aliphatic rings. The van der Waals surface area contributed by atoms with Crippen molar-refractivity contribution in [3.05, 3.63) is 15.6 Å². The highest BCUT2D eigenvalue weighted by Crippen LogP contribution is 2.32. The normalized spacial score (nSPS) is 15.9. The molecule has 5 heteroatoms. The van der Waals surface area contributed by atoms with Crippen LogP contribution in [0.3, 0.4) is 0 Å². The van der Waals surface area contributed by atoms with Gasteiger partial charge in [0.25, 0.3) is 0 Å². The highest BCUT2D eigenvalue weighted by Gasteiger charge is 2.26. The van der Waals surface area contributed by atoms with Crippen molar-refractivity contribution in [2.45, 2.75) is 39.2 Å². The maximum absolute atomic E-state index is 11.4. The van der Waals surface area contributed by atoms with Gasteiger partial charge in [-0.05, 0) is 0 Å². The van der Waals surface area contributed by atoms with Gasteiger partial charge < -0.3 is 10.0 Å². The first-order valence-corrected chi connectivity index (χ1v) is 6.61. The summed E-state index contributed by atoms with van der Waals surface area (Å²) in [6.07, 6.45) is 0.799. The van der Waals surface area contributed by atoms with Crippen molar-refractivity contribution in [3.8, 4) is 0 Å². The zero-order valence-electron chi connectivity index (χ0n) is 10.5. The van der Waals surface area contributed by atoms with Gasteiger partial charge in [0.15, 0.2) is 0 Å². The quantitative estimate of drug-likeness (QED) is 0.822. The average molecular weight is 254 g/mol. The highest BCUT2D eigenvalue weighted by atomic mass is 32.1. The lowest BCUT2D eigenvalue weighted by atomic mass is 9.98. The Morgan fingerprint density at radius 2 is 2.24 bits per heavy atom. The van der Waals surface area contributed by atoms with Gasteiger partial charge in [0.1, 0.15) is 6.61 Å². The first-order valence-electron chi connectivity index (χ1n) is 5.79. The summed E-state index contributed by atoms with van der Waals surface area (Å²) in [6.45, 7) is 7.30. The summed E-state index contributed by atoms with van der Waals surface area (Å²) in [7, 11) is 0. The first-order chi connectivity index (χ1) is 7.91. The number of fused-ring (bicyclic) bond motifs is 1. The van der Waals surface area contributed by atoms with Crippen LogP contribution in [0.2, 0.25) is 0 Å². The number of hydrogen-bond acceptors (Lipinski definition) is 4. The van der Waals surface area contributed by atoms with E-state index in [1.807, 2.05) is 0 Å². The Hall–Kier alpha value is -0.940. The Morgan fingerprint density at radius 1 is 1.53 bits per heavy atom. The van der Waals surface area contributed by atoms with E-state index in [4.69, 9.17) is 5.11 Å². The highest BCUT2D eigenvalue weighted by molar-refractivity contribution is 7.11. The number of carbonyl (C=O) groups is 1. The third-order valence-corrected chi connectivity index (χ3v) is 4.37. The van der Waals surface area contributed by atoms with Crippen molar-refractivity contribution < 1.29 is 9.90 Å². The standard InChI is InChI=1S/C12H18N2O2S/c1-12(2,3)11-13-8-4-5-14(10(16)7-15)6-9(8)17-11/h15H,4-7H2,1-3H3. The molecule has 1 aromatic rings. The number of carbonyl (C=O) groups excluding carboxylic acids is 1. The summed E-state index contributed by atoms with van der Waals surface area (Å²) in [5, 5.41) is 9.99. The van der Waals surface area contributed by atoms with Gasteiger partial charge in [0, 0.05) is 23.3 Å². The lowest BCUT2D eigenvalue weighted by Crippen LogP contribution is -2.37. The van der Waals surface area contributed by atoms with E-state index in [9.17, 15) is 4.79 Å². The van der Waals surface area contributed by atoms with Crippen LogP contribution in [0.4, 0.5) is 0 Å². The van der Waals surface area contributed by atoms with Crippen molar-refractivity contribution in [1.29, 1.82) is 0 Å². The van der Waals surface area contributed by atoms with Crippen LogP contribution in [0.1, 0.15) is 36.3 Å². The van der Waals surface area contributed by atoms with Crippen LogP contribution in [0.15, 0.2) is 0 Å². The number of aromatic nitrogens is 1. The van der Waals surface area contributed by atoms with Gasteiger partial charge in [-0.1, -0.05) is 20.8 Å². The maximum Gasteiger partial charge on any atom is 0.248 e. The molecule has 0 unspecified atom stereocenters. The fraction of sp³-hybridized carbons (Fsp3) is 0.667. The van der Waals surface area contributed by atoms with Gasteiger partial charge in [0.05, 0.1) is 17.2 Å². The van der Waals surface area contributed by atoms with Gasteiger partial charge in [-0.25, -0.2) is 4.98 Å². The summed E-state index contributed by atoms with van der Waals surface area (Å²) in [6, 6.07) is 0. The maximum atomic E-state index is 11.4. The van der Waals surface area contributed by atoms with Crippen LogP contribution in [-0.2, 0) is 23.2 Å². The van der Waals surface area contributed by atoms with Crippen LogP contribution in [-0.4, -0.2) is 34.0 Å². The van der Waals surface area contributed by atoms with Crippen LogP contribution in [0.25, 0.3) is 0 Å². The number of thiazole rings is 1. The molecular formula is C12H18N2O2S. The van der Waals surface area contributed by atoms with Gasteiger partial charge >= 0.3 is 0 Å². The minimum atomic E-state index is -0.403. The molecule has 1 aliphatic heterocycles. The number of aliphatic hydroxyl groups excluding tert-OH is 1. The van der Waals surface area contributed by atoms with E-state index in [1.54, 1.807) is 16.2 Å².